The molecular formula is C28H43FO2. The summed E-state index contributed by atoms with van der Waals surface area (Å²) in [5.41, 5.74) is 2.23. The van der Waals surface area contributed by atoms with Crippen molar-refractivity contribution in [3.05, 3.63) is 47.6 Å². The molecule has 2 nitrogen and oxygen atoms in total. The maximum Gasteiger partial charge on any atom is 0.128 e. The maximum absolute atomic E-state index is 14.8. The van der Waals surface area contributed by atoms with Gasteiger partial charge in [-0.1, -0.05) is 64.2 Å². The van der Waals surface area contributed by atoms with Gasteiger partial charge >= 0.3 is 0 Å². The fraction of sp³-hybridized carbons (Fsp3) is 0.714. The number of fused-ring (bicyclic) bond motifs is 1. The zero-order valence-corrected chi connectivity index (χ0v) is 20.2. The van der Waals surface area contributed by atoms with Crippen LogP contribution in [0.1, 0.15) is 79.6 Å². The fourth-order valence-electron chi connectivity index (χ4n) is 6.27. The number of aliphatic hydroxyl groups excluding tert-OH is 2. The van der Waals surface area contributed by atoms with Crippen LogP contribution >= 0.6 is 0 Å². The third-order valence-corrected chi connectivity index (χ3v) is 8.79. The van der Waals surface area contributed by atoms with Crippen molar-refractivity contribution in [3.63, 3.8) is 0 Å². The Bertz CT molecular complexity index is 759. The van der Waals surface area contributed by atoms with Crippen LogP contribution in [0.5, 0.6) is 0 Å². The predicted molar refractivity (Wildman–Crippen MR) is 127 cm³/mol. The third kappa shape index (κ3) is 5.09. The number of allylic oxidation sites excluding steroid dienone is 5. The van der Waals surface area contributed by atoms with Gasteiger partial charge in [-0.3, -0.25) is 0 Å². The van der Waals surface area contributed by atoms with E-state index in [0.717, 1.165) is 17.6 Å². The van der Waals surface area contributed by atoms with Crippen molar-refractivity contribution in [2.45, 2.75) is 97.4 Å². The predicted octanol–water partition coefficient (Wildman–Crippen LogP) is 6.70. The second-order valence-electron chi connectivity index (χ2n) is 11.2. The van der Waals surface area contributed by atoms with Crippen molar-refractivity contribution >= 4 is 0 Å². The van der Waals surface area contributed by atoms with E-state index in [9.17, 15) is 14.6 Å². The number of rotatable bonds is 5. The quantitative estimate of drug-likeness (QED) is 0.476. The topological polar surface area (TPSA) is 40.5 Å². The van der Waals surface area contributed by atoms with Crippen molar-refractivity contribution in [2.75, 3.05) is 0 Å². The van der Waals surface area contributed by atoms with Gasteiger partial charge in [-0.2, -0.15) is 0 Å². The van der Waals surface area contributed by atoms with Gasteiger partial charge in [0, 0.05) is 6.42 Å². The minimum Gasteiger partial charge on any atom is -0.393 e. The molecule has 0 aromatic rings. The standard InChI is InChI=1S/C28H43FO2/c1-18(2)28(6,29)15-13-19(3)24-11-12-25-21(8-7-14-27(24,25)5)9-10-22-16-23(30)17-26(31)20(22)4/h9-10,13,15,18-19,23-26,30-31H,4,7-8,11-12,14,16-17H2,1-3,5-6H3/b15-13+,21-9+,22-10-/t19-,23-,24-,25+,26?,27-,28-/m1/s1. The highest BCUT2D eigenvalue weighted by atomic mass is 19.1. The number of halogens is 1. The number of hydrogen-bond donors (Lipinski definition) is 2. The smallest absolute Gasteiger partial charge is 0.128 e. The third-order valence-electron chi connectivity index (χ3n) is 8.79. The Morgan fingerprint density at radius 3 is 2.58 bits per heavy atom. The summed E-state index contributed by atoms with van der Waals surface area (Å²) in [7, 11) is 0. The Morgan fingerprint density at radius 2 is 1.90 bits per heavy atom. The lowest BCUT2D eigenvalue weighted by molar-refractivity contribution is 0.0862. The Balaban J connectivity index is 1.78. The second kappa shape index (κ2) is 9.35. The van der Waals surface area contributed by atoms with Crippen molar-refractivity contribution in [3.8, 4) is 0 Å². The van der Waals surface area contributed by atoms with E-state index in [1.165, 1.54) is 31.3 Å². The summed E-state index contributed by atoms with van der Waals surface area (Å²) >= 11 is 0. The van der Waals surface area contributed by atoms with Crippen LogP contribution in [-0.2, 0) is 0 Å². The zero-order chi connectivity index (χ0) is 23.0. The molecule has 0 aromatic heterocycles. The monoisotopic (exact) mass is 430 g/mol. The van der Waals surface area contributed by atoms with E-state index in [1.807, 2.05) is 13.8 Å². The van der Waals surface area contributed by atoms with E-state index in [4.69, 9.17) is 0 Å². The van der Waals surface area contributed by atoms with Crippen molar-refractivity contribution < 1.29 is 14.6 Å². The van der Waals surface area contributed by atoms with Crippen LogP contribution in [-0.4, -0.2) is 28.1 Å². The van der Waals surface area contributed by atoms with Gasteiger partial charge in [0.25, 0.3) is 0 Å². The van der Waals surface area contributed by atoms with Crippen LogP contribution in [0.3, 0.4) is 0 Å². The van der Waals surface area contributed by atoms with Gasteiger partial charge in [-0.05, 0) is 85.7 Å². The molecular weight excluding hydrogens is 387 g/mol. The van der Waals surface area contributed by atoms with E-state index >= 15 is 0 Å². The Morgan fingerprint density at radius 1 is 1.19 bits per heavy atom. The highest BCUT2D eigenvalue weighted by molar-refractivity contribution is 5.38. The molecule has 3 rings (SSSR count). The van der Waals surface area contributed by atoms with Crippen molar-refractivity contribution in [1.82, 2.24) is 0 Å². The zero-order valence-electron chi connectivity index (χ0n) is 20.2. The van der Waals surface area contributed by atoms with Gasteiger partial charge in [0.1, 0.15) is 5.67 Å². The molecule has 0 radical (unpaired) electrons. The molecule has 31 heavy (non-hydrogen) atoms. The Labute approximate surface area is 189 Å². The summed E-state index contributed by atoms with van der Waals surface area (Å²) in [4.78, 5) is 0. The summed E-state index contributed by atoms with van der Waals surface area (Å²) in [5.74, 6) is 1.48. The van der Waals surface area contributed by atoms with E-state index < -0.39 is 17.9 Å². The molecule has 0 amide bonds. The Kier molecular flexibility index (Phi) is 7.38. The molecule has 3 saturated carbocycles. The average Bonchev–Trinajstić information content (AvgIpc) is 3.05. The number of alkyl halides is 1. The van der Waals surface area contributed by atoms with Crippen LogP contribution in [0.2, 0.25) is 0 Å². The summed E-state index contributed by atoms with van der Waals surface area (Å²) in [6.45, 7) is 14.3. The largest absolute Gasteiger partial charge is 0.393 e. The molecule has 3 aliphatic rings. The fourth-order valence-corrected chi connectivity index (χ4v) is 6.27. The van der Waals surface area contributed by atoms with Crippen molar-refractivity contribution in [1.29, 1.82) is 0 Å². The molecule has 3 heteroatoms. The minimum absolute atomic E-state index is 0.0216. The van der Waals surface area contributed by atoms with Crippen LogP contribution in [0.25, 0.3) is 0 Å². The molecule has 174 valence electrons. The molecule has 2 N–H and O–H groups in total. The van der Waals surface area contributed by atoms with Gasteiger partial charge in [-0.25, -0.2) is 4.39 Å². The molecule has 0 spiro atoms. The van der Waals surface area contributed by atoms with Crippen LogP contribution < -0.4 is 0 Å². The first-order chi connectivity index (χ1) is 14.5. The van der Waals surface area contributed by atoms with E-state index in [2.05, 4.69) is 38.7 Å². The first kappa shape index (κ1) is 24.5. The summed E-state index contributed by atoms with van der Waals surface area (Å²) in [6.07, 6.45) is 14.0. The normalized spacial score (nSPS) is 40.0. The van der Waals surface area contributed by atoms with Gasteiger partial charge in [0.2, 0.25) is 0 Å². The molecule has 3 fully saturated rings. The van der Waals surface area contributed by atoms with Crippen LogP contribution in [0, 0.1) is 29.1 Å². The van der Waals surface area contributed by atoms with E-state index in [-0.39, 0.29) is 11.3 Å². The molecule has 7 atom stereocenters. The van der Waals surface area contributed by atoms with E-state index in [0.29, 0.717) is 30.6 Å². The molecule has 0 bridgehead atoms. The van der Waals surface area contributed by atoms with Crippen LogP contribution in [0.15, 0.2) is 47.6 Å². The summed E-state index contributed by atoms with van der Waals surface area (Å²) in [5, 5.41) is 20.2. The molecule has 0 aliphatic heterocycles. The molecule has 1 unspecified atom stereocenters. The highest BCUT2D eigenvalue weighted by Crippen LogP contribution is 2.59. The highest BCUT2D eigenvalue weighted by Gasteiger charge is 2.50. The summed E-state index contributed by atoms with van der Waals surface area (Å²) < 4.78 is 14.8. The van der Waals surface area contributed by atoms with Gasteiger partial charge in [-0.15, -0.1) is 0 Å². The SMILES string of the molecule is C=C1/C(=C\C=C2/CCC[C@]3(C)[C@@H]([C@H](C)/C=C/[C@@](C)(F)C(C)C)CC[C@@H]23)C[C@@H](O)CC1O. The lowest BCUT2D eigenvalue weighted by Crippen LogP contribution is -2.35. The molecule has 0 heterocycles. The molecule has 3 aliphatic carbocycles. The van der Waals surface area contributed by atoms with Gasteiger partial charge in [0.15, 0.2) is 0 Å². The molecule has 0 saturated heterocycles. The number of aliphatic hydroxyl groups is 2. The minimum atomic E-state index is -1.26. The van der Waals surface area contributed by atoms with Gasteiger partial charge < -0.3 is 10.2 Å². The molecule has 0 aromatic carbocycles. The first-order valence-electron chi connectivity index (χ1n) is 12.3. The van der Waals surface area contributed by atoms with E-state index in [1.54, 1.807) is 13.0 Å². The Hall–Kier alpha value is -1.19. The first-order valence-corrected chi connectivity index (χ1v) is 12.3. The lowest BCUT2D eigenvalue weighted by Gasteiger charge is -2.44. The average molecular weight is 431 g/mol. The number of hydrogen-bond acceptors (Lipinski definition) is 2. The maximum atomic E-state index is 14.8. The van der Waals surface area contributed by atoms with Crippen molar-refractivity contribution in [2.24, 2.45) is 29.1 Å². The summed E-state index contributed by atoms with van der Waals surface area (Å²) in [6, 6.07) is 0. The van der Waals surface area contributed by atoms with Crippen LogP contribution in [0.4, 0.5) is 4.39 Å². The van der Waals surface area contributed by atoms with Gasteiger partial charge in [0.05, 0.1) is 12.2 Å². The lowest BCUT2D eigenvalue weighted by atomic mass is 9.61. The second-order valence-corrected chi connectivity index (χ2v) is 11.2.